The van der Waals surface area contributed by atoms with Crippen molar-refractivity contribution in [1.82, 2.24) is 0 Å². The third-order valence-corrected chi connectivity index (χ3v) is 3.56. The lowest BCUT2D eigenvalue weighted by Gasteiger charge is -2.27. The van der Waals surface area contributed by atoms with Crippen LogP contribution in [0, 0.1) is 22.7 Å². The number of ether oxygens (including phenoxy) is 3. The summed E-state index contributed by atoms with van der Waals surface area (Å²) in [5.74, 6) is -0.108. The van der Waals surface area contributed by atoms with Crippen LogP contribution >= 0.6 is 0 Å². The highest BCUT2D eigenvalue weighted by molar-refractivity contribution is 5.77. The maximum absolute atomic E-state index is 11.6. The van der Waals surface area contributed by atoms with Crippen LogP contribution in [0.3, 0.4) is 0 Å². The van der Waals surface area contributed by atoms with Gasteiger partial charge >= 0.3 is 5.97 Å². The van der Waals surface area contributed by atoms with E-state index in [2.05, 4.69) is 6.07 Å². The Balaban J connectivity index is 1.96. The molecule has 2 rings (SSSR count). The molecule has 0 aromatic carbocycles. The van der Waals surface area contributed by atoms with Gasteiger partial charge in [-0.2, -0.15) is 5.26 Å². The summed E-state index contributed by atoms with van der Waals surface area (Å²) in [5.41, 5.74) is -0.317. The molecule has 5 heteroatoms. The number of esters is 1. The Hall–Kier alpha value is -1.12. The minimum absolute atomic E-state index is 0.203. The highest BCUT2D eigenvalue weighted by Crippen LogP contribution is 2.35. The fourth-order valence-corrected chi connectivity index (χ4v) is 2.39. The van der Waals surface area contributed by atoms with Gasteiger partial charge in [-0.3, -0.25) is 0 Å². The second-order valence-electron chi connectivity index (χ2n) is 5.60. The molecular formula is C13H19NO4. The van der Waals surface area contributed by atoms with Crippen LogP contribution in [-0.4, -0.2) is 31.6 Å². The Morgan fingerprint density at radius 3 is 2.94 bits per heavy atom. The minimum atomic E-state index is -0.565. The molecular weight excluding hydrogens is 234 g/mol. The van der Waals surface area contributed by atoms with Gasteiger partial charge in [-0.15, -0.1) is 0 Å². The summed E-state index contributed by atoms with van der Waals surface area (Å²) in [6, 6.07) is 2.13. The van der Waals surface area contributed by atoms with E-state index in [1.165, 1.54) is 0 Å². The molecule has 5 nitrogen and oxygen atoms in total. The molecule has 2 saturated heterocycles. The van der Waals surface area contributed by atoms with Crippen molar-refractivity contribution in [2.75, 3.05) is 13.2 Å². The van der Waals surface area contributed by atoms with Crippen molar-refractivity contribution in [1.29, 1.82) is 5.26 Å². The first kappa shape index (κ1) is 13.3. The van der Waals surface area contributed by atoms with Crippen molar-refractivity contribution < 1.29 is 19.0 Å². The number of nitriles is 1. The summed E-state index contributed by atoms with van der Waals surface area (Å²) in [7, 11) is 0. The Kier molecular flexibility index (Phi) is 3.88. The molecule has 0 aliphatic carbocycles. The normalized spacial score (nSPS) is 34.3. The van der Waals surface area contributed by atoms with Crippen molar-refractivity contribution in [2.24, 2.45) is 11.3 Å². The molecule has 0 spiro atoms. The van der Waals surface area contributed by atoms with E-state index in [1.54, 1.807) is 0 Å². The first-order valence-electron chi connectivity index (χ1n) is 6.35. The molecule has 100 valence electrons. The topological polar surface area (TPSA) is 68.6 Å². The monoisotopic (exact) mass is 253 g/mol. The van der Waals surface area contributed by atoms with Gasteiger partial charge in [0, 0.05) is 17.8 Å². The summed E-state index contributed by atoms with van der Waals surface area (Å²) < 4.78 is 16.4. The number of rotatable bonds is 4. The van der Waals surface area contributed by atoms with Gasteiger partial charge in [-0.25, -0.2) is 4.79 Å². The predicted octanol–water partition coefficient (Wildman–Crippen LogP) is 1.62. The molecule has 0 unspecified atom stereocenters. The van der Waals surface area contributed by atoms with Crippen LogP contribution in [-0.2, 0) is 19.0 Å². The number of hydrogen-bond donors (Lipinski definition) is 0. The van der Waals surface area contributed by atoms with Gasteiger partial charge in [0.2, 0.25) is 0 Å². The Labute approximate surface area is 107 Å². The van der Waals surface area contributed by atoms with Crippen LogP contribution in [0.15, 0.2) is 0 Å². The second kappa shape index (κ2) is 5.25. The summed E-state index contributed by atoms with van der Waals surface area (Å²) in [6.07, 6.45) is 1.18. The quantitative estimate of drug-likeness (QED) is 0.712. The third kappa shape index (κ3) is 2.65. The Bertz CT molecular complexity index is 360. The molecule has 0 bridgehead atoms. The lowest BCUT2D eigenvalue weighted by Crippen LogP contribution is -2.38. The van der Waals surface area contributed by atoms with E-state index in [1.807, 2.05) is 13.8 Å². The molecule has 0 radical (unpaired) electrons. The smallest absolute Gasteiger partial charge is 0.336 e. The summed E-state index contributed by atoms with van der Waals surface area (Å²) >= 11 is 0. The zero-order valence-corrected chi connectivity index (χ0v) is 10.8. The van der Waals surface area contributed by atoms with Gasteiger partial charge in [0.15, 0.2) is 12.4 Å². The maximum Gasteiger partial charge on any atom is 0.336 e. The summed E-state index contributed by atoms with van der Waals surface area (Å²) in [5, 5.41) is 8.62. The molecule has 2 aliphatic rings. The molecule has 0 aromatic heterocycles. The average molecular weight is 253 g/mol. The molecule has 0 aromatic rings. The predicted molar refractivity (Wildman–Crippen MR) is 62.3 cm³/mol. The van der Waals surface area contributed by atoms with Gasteiger partial charge in [-0.1, -0.05) is 13.8 Å². The SMILES string of the molecule is CC1(C)COC(=O)[C@@H]1O[C@@H]1OCC[C@H]1CCC#N. The summed E-state index contributed by atoms with van der Waals surface area (Å²) in [4.78, 5) is 11.6. The van der Waals surface area contributed by atoms with Crippen molar-refractivity contribution in [3.63, 3.8) is 0 Å². The van der Waals surface area contributed by atoms with Gasteiger partial charge in [-0.05, 0) is 12.8 Å². The van der Waals surface area contributed by atoms with Crippen molar-refractivity contribution in [3.8, 4) is 6.07 Å². The largest absolute Gasteiger partial charge is 0.463 e. The van der Waals surface area contributed by atoms with E-state index < -0.39 is 6.10 Å². The van der Waals surface area contributed by atoms with E-state index in [9.17, 15) is 4.79 Å². The van der Waals surface area contributed by atoms with E-state index in [0.29, 0.717) is 19.6 Å². The molecule has 18 heavy (non-hydrogen) atoms. The standard InChI is InChI=1S/C13H19NO4/c1-13(2)8-17-11(15)10(13)18-12-9(4-3-6-14)5-7-16-12/h9-10,12H,3-5,7-8H2,1-2H3/t9-,10+,12+/m1/s1. The van der Waals surface area contributed by atoms with E-state index in [-0.39, 0.29) is 23.6 Å². The number of hydrogen-bond acceptors (Lipinski definition) is 5. The maximum atomic E-state index is 11.6. The fourth-order valence-electron chi connectivity index (χ4n) is 2.39. The first-order valence-corrected chi connectivity index (χ1v) is 6.35. The molecule has 3 atom stereocenters. The van der Waals surface area contributed by atoms with Crippen LogP contribution in [0.2, 0.25) is 0 Å². The fraction of sp³-hybridized carbons (Fsp3) is 0.846. The Morgan fingerprint density at radius 1 is 1.56 bits per heavy atom. The van der Waals surface area contributed by atoms with Crippen LogP contribution in [0.1, 0.15) is 33.1 Å². The molecule has 0 saturated carbocycles. The van der Waals surface area contributed by atoms with Gasteiger partial charge < -0.3 is 14.2 Å². The average Bonchev–Trinajstić information content (AvgIpc) is 2.86. The third-order valence-electron chi connectivity index (χ3n) is 3.56. The Morgan fingerprint density at radius 2 is 2.33 bits per heavy atom. The molecule has 2 heterocycles. The van der Waals surface area contributed by atoms with Crippen molar-refractivity contribution >= 4 is 5.97 Å². The van der Waals surface area contributed by atoms with Crippen molar-refractivity contribution in [3.05, 3.63) is 0 Å². The molecule has 0 amide bonds. The molecule has 0 N–H and O–H groups in total. The lowest BCUT2D eigenvalue weighted by atomic mass is 9.89. The van der Waals surface area contributed by atoms with E-state index >= 15 is 0 Å². The number of nitrogens with zero attached hydrogens (tertiary/aromatic N) is 1. The van der Waals surface area contributed by atoms with Crippen LogP contribution in [0.4, 0.5) is 0 Å². The highest BCUT2D eigenvalue weighted by Gasteiger charge is 2.47. The van der Waals surface area contributed by atoms with Crippen LogP contribution < -0.4 is 0 Å². The van der Waals surface area contributed by atoms with Crippen LogP contribution in [0.25, 0.3) is 0 Å². The van der Waals surface area contributed by atoms with Gasteiger partial charge in [0.1, 0.15) is 0 Å². The zero-order chi connectivity index (χ0) is 13.2. The van der Waals surface area contributed by atoms with E-state index in [4.69, 9.17) is 19.5 Å². The first-order chi connectivity index (χ1) is 8.54. The van der Waals surface area contributed by atoms with Gasteiger partial charge in [0.25, 0.3) is 0 Å². The molecule has 2 fully saturated rings. The summed E-state index contributed by atoms with van der Waals surface area (Å²) in [6.45, 7) is 4.90. The lowest BCUT2D eigenvalue weighted by molar-refractivity contribution is -0.188. The van der Waals surface area contributed by atoms with Crippen LogP contribution in [0.5, 0.6) is 0 Å². The second-order valence-corrected chi connectivity index (χ2v) is 5.60. The highest BCUT2D eigenvalue weighted by atomic mass is 16.7. The number of carbonyl (C=O) groups excluding carboxylic acids is 1. The number of cyclic esters (lactones) is 1. The van der Waals surface area contributed by atoms with Crippen molar-refractivity contribution in [2.45, 2.75) is 45.5 Å². The van der Waals surface area contributed by atoms with E-state index in [0.717, 1.165) is 12.8 Å². The number of carbonyl (C=O) groups is 1. The van der Waals surface area contributed by atoms with Gasteiger partial charge in [0.05, 0.1) is 19.3 Å². The minimum Gasteiger partial charge on any atom is -0.463 e. The zero-order valence-electron chi connectivity index (χ0n) is 10.8. The molecule has 2 aliphatic heterocycles.